The number of rotatable bonds is 11. The summed E-state index contributed by atoms with van der Waals surface area (Å²) in [6.45, 7) is 0.424. The lowest BCUT2D eigenvalue weighted by Crippen LogP contribution is -2.54. The van der Waals surface area contributed by atoms with Crippen molar-refractivity contribution in [3.63, 3.8) is 0 Å². The summed E-state index contributed by atoms with van der Waals surface area (Å²) in [4.78, 5) is 38.5. The molecule has 0 bridgehead atoms. The van der Waals surface area contributed by atoms with Gasteiger partial charge in [0, 0.05) is 32.6 Å². The molecule has 0 saturated heterocycles. The van der Waals surface area contributed by atoms with E-state index in [1.165, 1.54) is 7.11 Å². The van der Waals surface area contributed by atoms with E-state index in [9.17, 15) is 19.5 Å². The Morgan fingerprint density at radius 2 is 1.56 bits per heavy atom. The summed E-state index contributed by atoms with van der Waals surface area (Å²) in [5, 5.41) is 14.4. The van der Waals surface area contributed by atoms with Crippen molar-refractivity contribution in [1.29, 1.82) is 0 Å². The first-order valence-corrected chi connectivity index (χ1v) is 11.1. The van der Waals surface area contributed by atoms with Gasteiger partial charge in [-0.3, -0.25) is 4.79 Å². The van der Waals surface area contributed by atoms with E-state index < -0.39 is 30.1 Å². The van der Waals surface area contributed by atoms with Crippen molar-refractivity contribution >= 4 is 18.0 Å². The van der Waals surface area contributed by atoms with E-state index >= 15 is 0 Å². The molecule has 2 aromatic rings. The molecule has 1 aliphatic rings. The Bertz CT molecular complexity index is 980. The zero-order valence-electron chi connectivity index (χ0n) is 19.6. The lowest BCUT2D eigenvalue weighted by Gasteiger charge is -2.23. The number of aliphatic carboxylic acids is 1. The van der Waals surface area contributed by atoms with Gasteiger partial charge in [0.25, 0.3) is 0 Å². The number of carboxylic acid groups (broad SMARTS) is 1. The van der Waals surface area contributed by atoms with Gasteiger partial charge in [-0.1, -0.05) is 48.5 Å². The van der Waals surface area contributed by atoms with Gasteiger partial charge in [0.15, 0.2) is 0 Å². The highest BCUT2D eigenvalue weighted by molar-refractivity contribution is 5.89. The Morgan fingerprint density at radius 1 is 0.971 bits per heavy atom. The fourth-order valence-corrected chi connectivity index (χ4v) is 4.11. The van der Waals surface area contributed by atoms with Crippen LogP contribution in [0.25, 0.3) is 11.1 Å². The van der Waals surface area contributed by atoms with Gasteiger partial charge in [-0.05, 0) is 36.3 Å². The molecule has 0 spiro atoms. The number of nitrogens with one attached hydrogen (secondary N) is 2. The molecule has 1 unspecified atom stereocenters. The highest BCUT2D eigenvalue weighted by atomic mass is 16.5. The number of methoxy groups -OCH3 is 1. The normalized spacial score (nSPS) is 14.1. The topological polar surface area (TPSA) is 117 Å². The minimum atomic E-state index is -1.16. The number of carbonyl (C=O) groups excluding carboxylic acids is 2. The molecule has 1 aliphatic carbocycles. The highest BCUT2D eigenvalue weighted by Gasteiger charge is 2.30. The monoisotopic (exact) mass is 469 g/mol. The molecule has 182 valence electrons. The van der Waals surface area contributed by atoms with Gasteiger partial charge < -0.3 is 30.1 Å². The number of carbonyl (C=O) groups is 3. The molecule has 2 amide bonds. The van der Waals surface area contributed by atoms with E-state index in [2.05, 4.69) is 10.6 Å². The van der Waals surface area contributed by atoms with Gasteiger partial charge in [-0.15, -0.1) is 0 Å². The largest absolute Gasteiger partial charge is 0.480 e. The third-order valence-electron chi connectivity index (χ3n) is 5.73. The molecule has 0 heterocycles. The molecule has 0 radical (unpaired) electrons. The second kappa shape index (κ2) is 11.6. The van der Waals surface area contributed by atoms with E-state index in [1.807, 2.05) is 48.5 Å². The van der Waals surface area contributed by atoms with Crippen LogP contribution >= 0.6 is 0 Å². The number of hydrogen-bond donors (Lipinski definition) is 3. The van der Waals surface area contributed by atoms with Crippen LogP contribution in [0.1, 0.15) is 23.5 Å². The number of ether oxygens (including phenoxy) is 2. The SMILES string of the molecule is COCCC(NC(=O)OCC1c2ccccc2-c2ccccc21)C(=O)N[C@@H](CN(C)C)C(=O)O. The summed E-state index contributed by atoms with van der Waals surface area (Å²) in [6, 6.07) is 13.9. The predicted molar refractivity (Wildman–Crippen MR) is 127 cm³/mol. The highest BCUT2D eigenvalue weighted by Crippen LogP contribution is 2.44. The van der Waals surface area contributed by atoms with Crippen LogP contribution in [0.3, 0.4) is 0 Å². The quantitative estimate of drug-likeness (QED) is 0.461. The molecule has 9 heteroatoms. The average Bonchev–Trinajstić information content (AvgIpc) is 3.13. The molecule has 34 heavy (non-hydrogen) atoms. The van der Waals surface area contributed by atoms with E-state index in [-0.39, 0.29) is 32.1 Å². The average molecular weight is 470 g/mol. The van der Waals surface area contributed by atoms with Gasteiger partial charge in [-0.2, -0.15) is 0 Å². The van der Waals surface area contributed by atoms with Crippen LogP contribution in [0.2, 0.25) is 0 Å². The number of amides is 2. The number of benzene rings is 2. The number of hydrogen-bond acceptors (Lipinski definition) is 6. The lowest BCUT2D eigenvalue weighted by atomic mass is 9.98. The Morgan fingerprint density at radius 3 is 2.09 bits per heavy atom. The molecular weight excluding hydrogens is 438 g/mol. The summed E-state index contributed by atoms with van der Waals surface area (Å²) in [5.74, 6) is -1.88. The number of nitrogens with zero attached hydrogens (tertiary/aromatic N) is 1. The maximum absolute atomic E-state index is 12.7. The fraction of sp³-hybridized carbons (Fsp3) is 0.400. The van der Waals surface area contributed by atoms with Crippen molar-refractivity contribution in [3.05, 3.63) is 59.7 Å². The smallest absolute Gasteiger partial charge is 0.407 e. The van der Waals surface area contributed by atoms with Crippen LogP contribution < -0.4 is 10.6 Å². The van der Waals surface area contributed by atoms with Gasteiger partial charge >= 0.3 is 12.1 Å². The van der Waals surface area contributed by atoms with Crippen molar-refractivity contribution in [2.75, 3.05) is 41.0 Å². The lowest BCUT2D eigenvalue weighted by molar-refractivity contribution is -0.142. The number of carboxylic acids is 1. The van der Waals surface area contributed by atoms with Gasteiger partial charge in [0.05, 0.1) is 0 Å². The Labute approximate surface area is 199 Å². The van der Waals surface area contributed by atoms with Crippen molar-refractivity contribution in [2.45, 2.75) is 24.4 Å². The number of likely N-dealkylation sites (N-methyl/N-ethyl adjacent to an activating group) is 1. The van der Waals surface area contributed by atoms with Crippen molar-refractivity contribution < 1.29 is 29.0 Å². The molecule has 2 atom stereocenters. The molecular formula is C25H31N3O6. The molecule has 2 aromatic carbocycles. The fourth-order valence-electron chi connectivity index (χ4n) is 4.11. The molecule has 0 fully saturated rings. The third kappa shape index (κ3) is 6.12. The van der Waals surface area contributed by atoms with Crippen molar-refractivity contribution in [1.82, 2.24) is 15.5 Å². The van der Waals surface area contributed by atoms with Crippen LogP contribution in [-0.4, -0.2) is 81.0 Å². The standard InChI is InChI=1S/C25H31N3O6/c1-28(2)14-22(24(30)31)26-23(29)21(12-13-33-3)27-25(32)34-15-20-18-10-6-4-8-16(18)17-9-5-7-11-19(17)20/h4-11,20-22H,12-15H2,1-3H3,(H,26,29)(H,27,32)(H,30,31)/t21?,22-/m0/s1. The second-order valence-electron chi connectivity index (χ2n) is 8.47. The first kappa shape index (κ1) is 25.2. The van der Waals surface area contributed by atoms with Gasteiger partial charge in [-0.25, -0.2) is 9.59 Å². The van der Waals surface area contributed by atoms with Crippen LogP contribution in [0, 0.1) is 0 Å². The molecule has 9 nitrogen and oxygen atoms in total. The van der Waals surface area contributed by atoms with Crippen LogP contribution in [0.5, 0.6) is 0 Å². The number of fused-ring (bicyclic) bond motifs is 3. The molecule has 0 aliphatic heterocycles. The first-order chi connectivity index (χ1) is 16.3. The zero-order chi connectivity index (χ0) is 24.7. The summed E-state index contributed by atoms with van der Waals surface area (Å²) in [5.41, 5.74) is 4.39. The maximum atomic E-state index is 12.7. The Balaban J connectivity index is 1.65. The van der Waals surface area contributed by atoms with Crippen LogP contribution in [0.15, 0.2) is 48.5 Å². The van der Waals surface area contributed by atoms with Crippen molar-refractivity contribution in [2.24, 2.45) is 0 Å². The summed E-state index contributed by atoms with van der Waals surface area (Å²) >= 11 is 0. The summed E-state index contributed by atoms with van der Waals surface area (Å²) < 4.78 is 10.6. The predicted octanol–water partition coefficient (Wildman–Crippen LogP) is 2.06. The minimum Gasteiger partial charge on any atom is -0.480 e. The molecule has 0 saturated carbocycles. The molecule has 3 N–H and O–H groups in total. The third-order valence-corrected chi connectivity index (χ3v) is 5.73. The minimum absolute atomic E-state index is 0.108. The molecule has 0 aromatic heterocycles. The summed E-state index contributed by atoms with van der Waals surface area (Å²) in [7, 11) is 4.90. The van der Waals surface area contributed by atoms with Crippen molar-refractivity contribution in [3.8, 4) is 11.1 Å². The zero-order valence-corrected chi connectivity index (χ0v) is 19.6. The Hall–Kier alpha value is -3.43. The van der Waals surface area contributed by atoms with Crippen LogP contribution in [-0.2, 0) is 19.1 Å². The van der Waals surface area contributed by atoms with E-state index in [4.69, 9.17) is 9.47 Å². The summed E-state index contributed by atoms with van der Waals surface area (Å²) in [6.07, 6.45) is -0.585. The van der Waals surface area contributed by atoms with Gasteiger partial charge in [0.2, 0.25) is 5.91 Å². The van der Waals surface area contributed by atoms with E-state index in [1.54, 1.807) is 19.0 Å². The number of alkyl carbamates (subject to hydrolysis) is 1. The van der Waals surface area contributed by atoms with E-state index in [0.717, 1.165) is 22.3 Å². The van der Waals surface area contributed by atoms with E-state index in [0.29, 0.717) is 0 Å². The molecule has 3 rings (SSSR count). The second-order valence-corrected chi connectivity index (χ2v) is 8.47. The maximum Gasteiger partial charge on any atom is 0.407 e. The first-order valence-electron chi connectivity index (χ1n) is 11.1. The van der Waals surface area contributed by atoms with Gasteiger partial charge in [0.1, 0.15) is 18.7 Å². The Kier molecular flexibility index (Phi) is 8.61. The van der Waals surface area contributed by atoms with Crippen LogP contribution in [0.4, 0.5) is 4.79 Å².